The molecule has 1 aromatic carbocycles. The highest BCUT2D eigenvalue weighted by Crippen LogP contribution is 2.43. The number of hydrogen-bond acceptors (Lipinski definition) is 3. The maximum Gasteiger partial charge on any atom is 0.130 e. The van der Waals surface area contributed by atoms with Crippen molar-refractivity contribution in [3.8, 4) is 0 Å². The van der Waals surface area contributed by atoms with Crippen LogP contribution in [-0.4, -0.2) is 33.7 Å². The van der Waals surface area contributed by atoms with Crippen molar-refractivity contribution in [2.45, 2.75) is 120 Å². The van der Waals surface area contributed by atoms with Crippen molar-refractivity contribution in [2.75, 3.05) is 25.4 Å². The predicted octanol–water partition coefficient (Wildman–Crippen LogP) is 10.3. The van der Waals surface area contributed by atoms with Crippen LogP contribution in [0.5, 0.6) is 0 Å². The zero-order valence-electron chi connectivity index (χ0n) is 22.0. The van der Waals surface area contributed by atoms with E-state index in [1.165, 1.54) is 101 Å². The Morgan fingerprint density at radius 2 is 1.15 bits per heavy atom. The molecule has 1 nitrogen and oxygen atoms in total. The molecule has 0 aliphatic rings. The van der Waals surface area contributed by atoms with E-state index < -0.39 is 0 Å². The minimum atomic E-state index is -0.140. The highest BCUT2D eigenvalue weighted by Gasteiger charge is 2.29. The van der Waals surface area contributed by atoms with Crippen LogP contribution in [0, 0.1) is 0 Å². The van der Waals surface area contributed by atoms with Gasteiger partial charge in [-0.2, -0.15) is 0 Å². The molecule has 0 N–H and O–H groups in total. The average molecular weight is 511 g/mol. The molecule has 4 heteroatoms. The lowest BCUT2D eigenvalue weighted by molar-refractivity contribution is 0.314. The average Bonchev–Trinajstić information content (AvgIpc) is 2.84. The number of unbranched alkanes of at least 4 members (excludes halogenated alkanes) is 13. The second-order valence-corrected chi connectivity index (χ2v) is 13.5. The third kappa shape index (κ3) is 17.3. The third-order valence-electron chi connectivity index (χ3n) is 6.43. The Hall–Kier alpha value is 0.230. The van der Waals surface area contributed by atoms with Crippen LogP contribution in [0.1, 0.15) is 116 Å². The second kappa shape index (κ2) is 21.5. The maximum atomic E-state index is 6.19. The summed E-state index contributed by atoms with van der Waals surface area (Å²) in [4.78, 5) is 2.49. The van der Waals surface area contributed by atoms with Crippen LogP contribution in [0.25, 0.3) is 0 Å². The van der Waals surface area contributed by atoms with Gasteiger partial charge in [0, 0.05) is 12.3 Å². The van der Waals surface area contributed by atoms with Crippen LogP contribution in [-0.2, 0) is 5.75 Å². The van der Waals surface area contributed by atoms with Gasteiger partial charge in [-0.15, -0.1) is 23.5 Å². The van der Waals surface area contributed by atoms with Crippen LogP contribution >= 0.6 is 36.2 Å². The van der Waals surface area contributed by atoms with Gasteiger partial charge in [0.2, 0.25) is 0 Å². The SMILES string of the molecule is CCCCCCCCCCCCCCCCSC([S])(CN(CC)CC)SCc1ccccc1. The summed E-state index contributed by atoms with van der Waals surface area (Å²) in [6.45, 7) is 9.96. The van der Waals surface area contributed by atoms with Gasteiger partial charge in [-0.05, 0) is 30.8 Å². The van der Waals surface area contributed by atoms with E-state index in [-0.39, 0.29) is 3.41 Å². The zero-order valence-corrected chi connectivity index (χ0v) is 24.4. The summed E-state index contributed by atoms with van der Waals surface area (Å²) in [5.41, 5.74) is 1.38. The molecule has 0 bridgehead atoms. The molecular weight excluding hydrogens is 459 g/mol. The van der Waals surface area contributed by atoms with E-state index in [0.717, 1.165) is 25.4 Å². The van der Waals surface area contributed by atoms with Gasteiger partial charge in [-0.3, -0.25) is 0 Å². The Bertz CT molecular complexity index is 535. The monoisotopic (exact) mass is 510 g/mol. The lowest BCUT2D eigenvalue weighted by Crippen LogP contribution is -2.35. The van der Waals surface area contributed by atoms with E-state index in [0.29, 0.717) is 0 Å². The number of rotatable bonds is 23. The van der Waals surface area contributed by atoms with Gasteiger partial charge in [-0.25, -0.2) is 0 Å². The Balaban J connectivity index is 2.13. The van der Waals surface area contributed by atoms with Crippen molar-refractivity contribution in [1.29, 1.82) is 0 Å². The van der Waals surface area contributed by atoms with Gasteiger partial charge in [0.05, 0.1) is 0 Å². The molecule has 0 saturated heterocycles. The fourth-order valence-corrected chi connectivity index (χ4v) is 7.30. The zero-order chi connectivity index (χ0) is 24.0. The molecule has 0 aliphatic heterocycles. The van der Waals surface area contributed by atoms with Gasteiger partial charge in [0.15, 0.2) is 0 Å². The van der Waals surface area contributed by atoms with Crippen LogP contribution in [0.2, 0.25) is 0 Å². The largest absolute Gasteiger partial charge is 0.301 e. The fourth-order valence-electron chi connectivity index (χ4n) is 4.15. The second-order valence-electron chi connectivity index (χ2n) is 9.36. The van der Waals surface area contributed by atoms with Crippen molar-refractivity contribution in [2.24, 2.45) is 0 Å². The quantitative estimate of drug-likeness (QED) is 0.106. The summed E-state index contributed by atoms with van der Waals surface area (Å²) in [7, 11) is 0. The summed E-state index contributed by atoms with van der Waals surface area (Å²) in [5, 5.41) is 0. The van der Waals surface area contributed by atoms with Crippen molar-refractivity contribution in [3.63, 3.8) is 0 Å². The minimum Gasteiger partial charge on any atom is -0.301 e. The van der Waals surface area contributed by atoms with Crippen LogP contribution in [0.15, 0.2) is 30.3 Å². The van der Waals surface area contributed by atoms with Crippen molar-refractivity contribution in [3.05, 3.63) is 35.9 Å². The van der Waals surface area contributed by atoms with E-state index in [9.17, 15) is 0 Å². The molecule has 1 unspecified atom stereocenters. The highest BCUT2D eigenvalue weighted by atomic mass is 32.3. The first-order chi connectivity index (χ1) is 16.1. The maximum absolute atomic E-state index is 6.19. The molecule has 191 valence electrons. The van der Waals surface area contributed by atoms with Gasteiger partial charge < -0.3 is 4.90 Å². The first kappa shape index (κ1) is 31.3. The first-order valence-corrected chi connectivity index (χ1v) is 16.3. The number of thioether (sulfide) groups is 2. The van der Waals surface area contributed by atoms with Gasteiger partial charge in [-0.1, -0.05) is 147 Å². The molecule has 0 aliphatic carbocycles. The Kier molecular flexibility index (Phi) is 20.4. The van der Waals surface area contributed by atoms with E-state index in [4.69, 9.17) is 12.6 Å². The molecule has 0 heterocycles. The smallest absolute Gasteiger partial charge is 0.130 e. The van der Waals surface area contributed by atoms with Gasteiger partial charge in [0.1, 0.15) is 3.41 Å². The van der Waals surface area contributed by atoms with Crippen molar-refractivity contribution >= 4 is 36.2 Å². The molecule has 0 fully saturated rings. The third-order valence-corrected chi connectivity index (χ3v) is 10.1. The normalized spacial score (nSPS) is 13.5. The molecule has 0 amide bonds. The van der Waals surface area contributed by atoms with E-state index >= 15 is 0 Å². The molecular formula is C29H52NS3. The summed E-state index contributed by atoms with van der Waals surface area (Å²) >= 11 is 10.2. The number of hydrogen-bond donors (Lipinski definition) is 0. The van der Waals surface area contributed by atoms with Crippen LogP contribution < -0.4 is 0 Å². The summed E-state index contributed by atoms with van der Waals surface area (Å²) in [5.74, 6) is 2.21. The standard InChI is InChI=1S/C29H52NS3/c1-4-7-8-9-10-11-12-13-14-15-16-17-18-22-25-32-29(31,27-30(5-2)6-3)33-26-28-23-20-19-21-24-28/h19-21,23-24H,4-18,22,25-27H2,1-3H3. The molecule has 1 radical (unpaired) electrons. The lowest BCUT2D eigenvalue weighted by Gasteiger charge is -2.32. The molecule has 1 atom stereocenters. The Morgan fingerprint density at radius 3 is 1.64 bits per heavy atom. The van der Waals surface area contributed by atoms with Crippen LogP contribution in [0.4, 0.5) is 0 Å². The number of benzene rings is 1. The van der Waals surface area contributed by atoms with E-state index in [1.54, 1.807) is 0 Å². The van der Waals surface area contributed by atoms with Gasteiger partial charge in [0.25, 0.3) is 0 Å². The Morgan fingerprint density at radius 1 is 0.667 bits per heavy atom. The first-order valence-electron chi connectivity index (χ1n) is 13.9. The topological polar surface area (TPSA) is 3.24 Å². The summed E-state index contributed by atoms with van der Waals surface area (Å²) in [6, 6.07) is 10.8. The minimum absolute atomic E-state index is 0.140. The van der Waals surface area contributed by atoms with E-state index in [2.05, 4.69) is 56.0 Å². The lowest BCUT2D eigenvalue weighted by atomic mass is 10.0. The predicted molar refractivity (Wildman–Crippen MR) is 159 cm³/mol. The molecule has 1 rings (SSSR count). The number of nitrogens with zero attached hydrogens (tertiary/aromatic N) is 1. The summed E-state index contributed by atoms with van der Waals surface area (Å²) in [6.07, 6.45) is 19.9. The molecule has 0 saturated carbocycles. The van der Waals surface area contributed by atoms with Crippen molar-refractivity contribution in [1.82, 2.24) is 4.90 Å². The highest BCUT2D eigenvalue weighted by molar-refractivity contribution is 8.29. The Labute approximate surface area is 221 Å². The molecule has 1 aromatic rings. The summed E-state index contributed by atoms with van der Waals surface area (Å²) < 4.78 is -0.140. The molecule has 0 spiro atoms. The fraction of sp³-hybridized carbons (Fsp3) is 0.793. The molecule has 0 aromatic heterocycles. The molecule has 33 heavy (non-hydrogen) atoms. The van der Waals surface area contributed by atoms with Crippen LogP contribution in [0.3, 0.4) is 0 Å². The van der Waals surface area contributed by atoms with E-state index in [1.807, 2.05) is 23.5 Å². The van der Waals surface area contributed by atoms with Gasteiger partial charge >= 0.3 is 0 Å². The van der Waals surface area contributed by atoms with Crippen molar-refractivity contribution < 1.29 is 0 Å².